The van der Waals surface area contributed by atoms with E-state index in [9.17, 15) is 0 Å². The summed E-state index contributed by atoms with van der Waals surface area (Å²) in [4.78, 5) is 11.7. The van der Waals surface area contributed by atoms with Gasteiger partial charge in [-0.15, -0.1) is 0 Å². The minimum Gasteiger partial charge on any atom is -0.370 e. The van der Waals surface area contributed by atoms with E-state index in [1.165, 1.54) is 31.5 Å². The highest BCUT2D eigenvalue weighted by Crippen LogP contribution is 2.24. The van der Waals surface area contributed by atoms with Crippen LogP contribution in [0.5, 0.6) is 0 Å². The van der Waals surface area contributed by atoms with Crippen LogP contribution < -0.4 is 10.6 Å². The predicted octanol–water partition coefficient (Wildman–Crippen LogP) is 2.00. The van der Waals surface area contributed by atoms with Crippen molar-refractivity contribution in [2.45, 2.75) is 31.7 Å². The topological polar surface area (TPSA) is 48.1 Å². The molecule has 1 aliphatic carbocycles. The summed E-state index contributed by atoms with van der Waals surface area (Å²) in [5.41, 5.74) is 7.36. The third kappa shape index (κ3) is 4.87. The highest BCUT2D eigenvalue weighted by Gasteiger charge is 2.27. The molecule has 1 aromatic rings. The number of benzene rings is 1. The second-order valence-corrected chi connectivity index (χ2v) is 6.95. The molecule has 2 fully saturated rings. The van der Waals surface area contributed by atoms with Gasteiger partial charge in [0, 0.05) is 51.5 Å². The van der Waals surface area contributed by atoms with E-state index in [4.69, 9.17) is 5.73 Å². The lowest BCUT2D eigenvalue weighted by molar-refractivity contribution is 0.253. The van der Waals surface area contributed by atoms with Gasteiger partial charge in [-0.3, -0.25) is 9.89 Å². The summed E-state index contributed by atoms with van der Waals surface area (Å²) < 4.78 is 0. The van der Waals surface area contributed by atoms with Crippen LogP contribution in [0.4, 0.5) is 5.69 Å². The number of anilines is 1. The Morgan fingerprint density at radius 1 is 1.12 bits per heavy atom. The number of para-hydroxylation sites is 1. The van der Waals surface area contributed by atoms with Crippen LogP contribution in [0.3, 0.4) is 0 Å². The third-order valence-electron chi connectivity index (χ3n) is 5.11. The molecule has 0 radical (unpaired) electrons. The van der Waals surface area contributed by atoms with Crippen LogP contribution in [0.25, 0.3) is 0 Å². The van der Waals surface area contributed by atoms with Gasteiger partial charge in [-0.1, -0.05) is 18.2 Å². The first-order chi connectivity index (χ1) is 11.7. The summed E-state index contributed by atoms with van der Waals surface area (Å²) in [5, 5.41) is 0. The van der Waals surface area contributed by atoms with Crippen molar-refractivity contribution in [1.29, 1.82) is 0 Å². The molecule has 132 valence electrons. The molecule has 1 saturated heterocycles. The number of guanidine groups is 1. The van der Waals surface area contributed by atoms with Gasteiger partial charge in [0.25, 0.3) is 0 Å². The first kappa shape index (κ1) is 17.1. The average molecular weight is 329 g/mol. The number of rotatable bonds is 7. The maximum absolute atomic E-state index is 6.01. The van der Waals surface area contributed by atoms with Gasteiger partial charge in [0.1, 0.15) is 0 Å². The Labute approximate surface area is 146 Å². The lowest BCUT2D eigenvalue weighted by Gasteiger charge is -2.36. The van der Waals surface area contributed by atoms with Gasteiger partial charge in [0.2, 0.25) is 0 Å². The highest BCUT2D eigenvalue weighted by molar-refractivity contribution is 5.78. The maximum atomic E-state index is 6.01. The first-order valence-corrected chi connectivity index (χ1v) is 9.29. The molecule has 2 aliphatic rings. The lowest BCUT2D eigenvalue weighted by Crippen LogP contribution is -2.46. The van der Waals surface area contributed by atoms with Gasteiger partial charge in [0.15, 0.2) is 5.96 Å². The van der Waals surface area contributed by atoms with E-state index < -0.39 is 0 Å². The molecule has 3 rings (SSSR count). The fourth-order valence-electron chi connectivity index (χ4n) is 3.27. The fourth-order valence-corrected chi connectivity index (χ4v) is 3.27. The smallest absolute Gasteiger partial charge is 0.191 e. The number of hydrogen-bond donors (Lipinski definition) is 1. The normalized spacial score (nSPS) is 19.5. The fraction of sp³-hybridized carbons (Fsp3) is 0.632. The molecule has 2 N–H and O–H groups in total. The van der Waals surface area contributed by atoms with Crippen LogP contribution in [-0.4, -0.2) is 68.1 Å². The van der Waals surface area contributed by atoms with Gasteiger partial charge in [-0.2, -0.15) is 0 Å². The summed E-state index contributed by atoms with van der Waals surface area (Å²) in [6.45, 7) is 6.60. The van der Waals surface area contributed by atoms with Crippen molar-refractivity contribution >= 4 is 11.6 Å². The van der Waals surface area contributed by atoms with Crippen LogP contribution in [-0.2, 0) is 0 Å². The van der Waals surface area contributed by atoms with Crippen molar-refractivity contribution in [3.05, 3.63) is 30.3 Å². The summed E-state index contributed by atoms with van der Waals surface area (Å²) in [7, 11) is 2.06. The number of nitrogens with two attached hydrogens (primary N) is 1. The van der Waals surface area contributed by atoms with E-state index >= 15 is 0 Å². The zero-order valence-corrected chi connectivity index (χ0v) is 14.9. The Morgan fingerprint density at radius 3 is 2.50 bits per heavy atom. The van der Waals surface area contributed by atoms with Gasteiger partial charge < -0.3 is 15.5 Å². The zero-order valence-electron chi connectivity index (χ0n) is 14.9. The molecule has 24 heavy (non-hydrogen) atoms. The summed E-state index contributed by atoms with van der Waals surface area (Å²) in [6.07, 6.45) is 4.86. The second-order valence-electron chi connectivity index (χ2n) is 6.95. The van der Waals surface area contributed by atoms with Gasteiger partial charge in [-0.25, -0.2) is 0 Å². The van der Waals surface area contributed by atoms with Crippen LogP contribution >= 0.6 is 0 Å². The van der Waals surface area contributed by atoms with Crippen molar-refractivity contribution in [3.8, 4) is 0 Å². The first-order valence-electron chi connectivity index (χ1n) is 9.29. The molecular formula is C19H31N5. The molecular weight excluding hydrogens is 298 g/mol. The average Bonchev–Trinajstić information content (AvgIpc) is 3.47. The number of nitrogens with zero attached hydrogens (tertiary/aromatic N) is 4. The maximum Gasteiger partial charge on any atom is 0.191 e. The molecule has 0 bridgehead atoms. The number of piperazine rings is 1. The summed E-state index contributed by atoms with van der Waals surface area (Å²) in [5.74, 6) is 0.717. The molecule has 1 heterocycles. The molecule has 5 heteroatoms. The minimum absolute atomic E-state index is 0.648. The lowest BCUT2D eigenvalue weighted by atomic mass is 10.2. The highest BCUT2D eigenvalue weighted by atomic mass is 15.3. The number of aliphatic imine (C=N–C) groups is 1. The minimum atomic E-state index is 0.648. The number of unbranched alkanes of at least 4 members (excludes halogenated alkanes) is 1. The van der Waals surface area contributed by atoms with Crippen LogP contribution in [0.1, 0.15) is 25.7 Å². The van der Waals surface area contributed by atoms with Gasteiger partial charge in [-0.05, 0) is 44.4 Å². The van der Waals surface area contributed by atoms with Crippen LogP contribution in [0.2, 0.25) is 0 Å². The SMILES string of the molecule is CN(C(N)=NCCCCN1CCN(c2ccccc2)CC1)C1CC1. The Kier molecular flexibility index (Phi) is 5.96. The molecule has 0 spiro atoms. The molecule has 5 nitrogen and oxygen atoms in total. The quantitative estimate of drug-likeness (QED) is 0.472. The van der Waals surface area contributed by atoms with Crippen molar-refractivity contribution in [3.63, 3.8) is 0 Å². The molecule has 0 aromatic heterocycles. The van der Waals surface area contributed by atoms with E-state index in [1.54, 1.807) is 0 Å². The monoisotopic (exact) mass is 329 g/mol. The molecule has 1 saturated carbocycles. The van der Waals surface area contributed by atoms with Gasteiger partial charge >= 0.3 is 0 Å². The van der Waals surface area contributed by atoms with E-state index in [1.807, 2.05) is 0 Å². The second kappa shape index (κ2) is 8.38. The molecule has 0 unspecified atom stereocenters. The zero-order chi connectivity index (χ0) is 16.8. The van der Waals surface area contributed by atoms with Gasteiger partial charge in [0.05, 0.1) is 0 Å². The Hall–Kier alpha value is -1.75. The van der Waals surface area contributed by atoms with Crippen molar-refractivity contribution in [2.24, 2.45) is 10.7 Å². The van der Waals surface area contributed by atoms with Crippen molar-refractivity contribution < 1.29 is 0 Å². The molecule has 0 atom stereocenters. The Morgan fingerprint density at radius 2 is 1.83 bits per heavy atom. The Bertz CT molecular complexity index is 518. The molecule has 1 aliphatic heterocycles. The van der Waals surface area contributed by atoms with E-state index in [-0.39, 0.29) is 0 Å². The number of hydrogen-bond acceptors (Lipinski definition) is 3. The Balaban J connectivity index is 1.29. The van der Waals surface area contributed by atoms with E-state index in [0.29, 0.717) is 12.0 Å². The standard InChI is InChI=1S/C19H31N5/c1-22(17-9-10-17)19(20)21-11-5-6-12-23-13-15-24(16-14-23)18-7-3-2-4-8-18/h2-4,7-8,17H,5-6,9-16H2,1H3,(H2,20,21). The van der Waals surface area contributed by atoms with Crippen LogP contribution in [0, 0.1) is 0 Å². The predicted molar refractivity (Wildman–Crippen MR) is 102 cm³/mol. The van der Waals surface area contributed by atoms with E-state index in [0.717, 1.165) is 39.1 Å². The van der Waals surface area contributed by atoms with Crippen molar-refractivity contribution in [1.82, 2.24) is 9.80 Å². The third-order valence-corrected chi connectivity index (χ3v) is 5.11. The van der Waals surface area contributed by atoms with E-state index in [2.05, 4.69) is 57.1 Å². The largest absolute Gasteiger partial charge is 0.370 e. The summed E-state index contributed by atoms with van der Waals surface area (Å²) in [6, 6.07) is 11.4. The molecule has 1 aromatic carbocycles. The molecule has 0 amide bonds. The van der Waals surface area contributed by atoms with Crippen molar-refractivity contribution in [2.75, 3.05) is 51.2 Å². The van der Waals surface area contributed by atoms with Crippen LogP contribution in [0.15, 0.2) is 35.3 Å². The summed E-state index contributed by atoms with van der Waals surface area (Å²) >= 11 is 0.